The van der Waals surface area contributed by atoms with Gasteiger partial charge in [0, 0.05) is 18.2 Å². The van der Waals surface area contributed by atoms with Gasteiger partial charge < -0.3 is 14.3 Å². The third-order valence-corrected chi connectivity index (χ3v) is 5.90. The molecule has 1 aliphatic heterocycles. The molecule has 7 nitrogen and oxygen atoms in total. The molecule has 3 aromatic rings. The summed E-state index contributed by atoms with van der Waals surface area (Å²) in [6, 6.07) is 17.3. The van der Waals surface area contributed by atoms with Crippen LogP contribution in [0.5, 0.6) is 5.75 Å². The maximum absolute atomic E-state index is 13.0. The van der Waals surface area contributed by atoms with Gasteiger partial charge in [0.05, 0.1) is 22.8 Å². The van der Waals surface area contributed by atoms with Gasteiger partial charge in [-0.05, 0) is 67.2 Å². The zero-order valence-corrected chi connectivity index (χ0v) is 19.2. The Morgan fingerprint density at radius 1 is 1.15 bits per heavy atom. The molecule has 1 aliphatic rings. The van der Waals surface area contributed by atoms with Crippen LogP contribution in [0.15, 0.2) is 87.6 Å². The van der Waals surface area contributed by atoms with Crippen molar-refractivity contribution < 1.29 is 23.8 Å². The molecule has 0 atom stereocenters. The predicted molar refractivity (Wildman–Crippen MR) is 133 cm³/mol. The van der Waals surface area contributed by atoms with Gasteiger partial charge in [-0.25, -0.2) is 9.79 Å². The lowest BCUT2D eigenvalue weighted by atomic mass is 10.1. The van der Waals surface area contributed by atoms with Crippen LogP contribution in [-0.4, -0.2) is 40.2 Å². The molecule has 172 valence electrons. The van der Waals surface area contributed by atoms with Gasteiger partial charge in [0.15, 0.2) is 5.17 Å². The number of ether oxygens (including phenoxy) is 1. The summed E-state index contributed by atoms with van der Waals surface area (Å²) in [4.78, 5) is 30.7. The number of hydrogen-bond donors (Lipinski definition) is 1. The summed E-state index contributed by atoms with van der Waals surface area (Å²) in [6.07, 6.45) is 3.33. The lowest BCUT2D eigenvalue weighted by Gasteiger charge is -2.12. The number of hydrogen-bond acceptors (Lipinski definition) is 6. The first-order valence-electron chi connectivity index (χ1n) is 10.6. The Balaban J connectivity index is 1.57. The Kier molecular flexibility index (Phi) is 6.98. The molecule has 1 amide bonds. The highest BCUT2D eigenvalue weighted by Crippen LogP contribution is 2.35. The number of carboxylic acids is 1. The third kappa shape index (κ3) is 5.13. The van der Waals surface area contributed by atoms with Crippen molar-refractivity contribution in [2.24, 2.45) is 4.99 Å². The maximum atomic E-state index is 13.0. The molecule has 1 saturated heterocycles. The fourth-order valence-electron chi connectivity index (χ4n) is 3.27. The number of carboxylic acid groups (broad SMARTS) is 1. The van der Waals surface area contributed by atoms with Crippen molar-refractivity contribution in [1.82, 2.24) is 4.90 Å². The van der Waals surface area contributed by atoms with Gasteiger partial charge in [-0.15, -0.1) is 6.58 Å². The molecule has 0 spiro atoms. The molecular weight excluding hydrogens is 452 g/mol. The van der Waals surface area contributed by atoms with Gasteiger partial charge >= 0.3 is 5.97 Å². The molecule has 8 heteroatoms. The number of amides is 1. The average molecular weight is 475 g/mol. The minimum Gasteiger partial charge on any atom is -0.494 e. The Morgan fingerprint density at radius 2 is 1.88 bits per heavy atom. The zero-order valence-electron chi connectivity index (χ0n) is 18.4. The fraction of sp³-hybridized carbons (Fsp3) is 0.115. The third-order valence-electron chi connectivity index (χ3n) is 4.89. The number of furan rings is 1. The van der Waals surface area contributed by atoms with Crippen LogP contribution in [0.25, 0.3) is 17.4 Å². The lowest BCUT2D eigenvalue weighted by molar-refractivity contribution is -0.121. The van der Waals surface area contributed by atoms with E-state index in [0.717, 1.165) is 11.3 Å². The molecule has 1 N–H and O–H groups in total. The molecular formula is C26H22N2O5S. The van der Waals surface area contributed by atoms with Crippen molar-refractivity contribution >= 4 is 40.6 Å². The number of aromatic carboxylic acids is 1. The van der Waals surface area contributed by atoms with E-state index < -0.39 is 5.97 Å². The van der Waals surface area contributed by atoms with Crippen molar-refractivity contribution in [3.05, 3.63) is 89.5 Å². The van der Waals surface area contributed by atoms with Gasteiger partial charge in [-0.3, -0.25) is 9.69 Å². The Bertz CT molecular complexity index is 1270. The first-order valence-corrected chi connectivity index (χ1v) is 11.4. The number of benzene rings is 2. The first-order chi connectivity index (χ1) is 16.5. The van der Waals surface area contributed by atoms with E-state index in [4.69, 9.17) is 14.3 Å². The normalized spacial score (nSPS) is 15.8. The quantitative estimate of drug-likeness (QED) is 0.326. The van der Waals surface area contributed by atoms with Crippen LogP contribution in [-0.2, 0) is 4.79 Å². The van der Waals surface area contributed by atoms with E-state index in [-0.39, 0.29) is 11.5 Å². The zero-order chi connectivity index (χ0) is 24.1. The molecule has 2 aromatic carbocycles. The topological polar surface area (TPSA) is 92.3 Å². The second kappa shape index (κ2) is 10.3. The van der Waals surface area contributed by atoms with Crippen LogP contribution in [0, 0.1) is 0 Å². The summed E-state index contributed by atoms with van der Waals surface area (Å²) in [7, 11) is 0. The van der Waals surface area contributed by atoms with Gasteiger partial charge in [0.25, 0.3) is 5.91 Å². The Labute approximate surface area is 201 Å². The fourth-order valence-corrected chi connectivity index (χ4v) is 4.26. The summed E-state index contributed by atoms with van der Waals surface area (Å²) >= 11 is 1.26. The second-order valence-corrected chi connectivity index (χ2v) is 8.23. The molecule has 1 aromatic heterocycles. The van der Waals surface area contributed by atoms with Gasteiger partial charge in [0.1, 0.15) is 17.3 Å². The maximum Gasteiger partial charge on any atom is 0.335 e. The number of thioether (sulfide) groups is 1. The Morgan fingerprint density at radius 3 is 2.53 bits per heavy atom. The van der Waals surface area contributed by atoms with Crippen LogP contribution in [0.4, 0.5) is 5.69 Å². The van der Waals surface area contributed by atoms with Gasteiger partial charge in [0.2, 0.25) is 0 Å². The SMILES string of the molecule is C=CCN1C(=O)/C(=C/c2ccc(-c3ccc(C(=O)O)cc3)o2)SC1=Nc1ccc(OCC)cc1. The second-order valence-electron chi connectivity index (χ2n) is 7.22. The molecule has 2 heterocycles. The van der Waals surface area contributed by atoms with E-state index in [0.29, 0.717) is 40.4 Å². The van der Waals surface area contributed by atoms with Crippen LogP contribution < -0.4 is 4.74 Å². The molecule has 1 fully saturated rings. The Hall–Kier alpha value is -4.04. The highest BCUT2D eigenvalue weighted by molar-refractivity contribution is 8.18. The molecule has 0 unspecified atom stereocenters. The van der Waals surface area contributed by atoms with Crippen molar-refractivity contribution in [2.75, 3.05) is 13.2 Å². The van der Waals surface area contributed by atoms with E-state index in [1.165, 1.54) is 23.9 Å². The lowest BCUT2D eigenvalue weighted by Crippen LogP contribution is -2.29. The van der Waals surface area contributed by atoms with E-state index in [1.807, 2.05) is 31.2 Å². The van der Waals surface area contributed by atoms with Gasteiger partial charge in [-0.1, -0.05) is 18.2 Å². The number of aliphatic imine (C=N–C) groups is 1. The summed E-state index contributed by atoms with van der Waals surface area (Å²) in [6.45, 7) is 6.59. The average Bonchev–Trinajstić information content (AvgIpc) is 3.41. The summed E-state index contributed by atoms with van der Waals surface area (Å²) in [5.74, 6) is 0.675. The van der Waals surface area contributed by atoms with Crippen molar-refractivity contribution in [1.29, 1.82) is 0 Å². The number of amidine groups is 1. The first kappa shape index (κ1) is 23.1. The summed E-state index contributed by atoms with van der Waals surface area (Å²) < 4.78 is 11.3. The van der Waals surface area contributed by atoms with Crippen molar-refractivity contribution in [3.8, 4) is 17.1 Å². The monoisotopic (exact) mass is 474 g/mol. The summed E-state index contributed by atoms with van der Waals surface area (Å²) in [5.41, 5.74) is 1.65. The van der Waals surface area contributed by atoms with Crippen LogP contribution in [0.2, 0.25) is 0 Å². The highest BCUT2D eigenvalue weighted by Gasteiger charge is 2.33. The summed E-state index contributed by atoms with van der Waals surface area (Å²) in [5, 5.41) is 9.60. The standard InChI is InChI=1S/C26H22N2O5S/c1-3-15-28-24(29)23(34-26(28)27-19-9-11-20(12-10-19)32-4-2)16-21-13-14-22(33-21)17-5-7-18(8-6-17)25(30)31/h3,5-14,16H,1,4,15H2,2H3,(H,30,31)/b23-16-,27-26?. The van der Waals surface area contributed by atoms with Crippen LogP contribution >= 0.6 is 11.8 Å². The van der Waals surface area contributed by atoms with Crippen LogP contribution in [0.3, 0.4) is 0 Å². The van der Waals surface area contributed by atoms with E-state index in [2.05, 4.69) is 11.6 Å². The smallest absolute Gasteiger partial charge is 0.335 e. The molecule has 34 heavy (non-hydrogen) atoms. The molecule has 0 bridgehead atoms. The van der Waals surface area contributed by atoms with E-state index >= 15 is 0 Å². The minimum atomic E-state index is -0.986. The number of rotatable bonds is 8. The molecule has 0 radical (unpaired) electrons. The highest BCUT2D eigenvalue weighted by atomic mass is 32.2. The molecule has 0 saturated carbocycles. The number of carbonyl (C=O) groups excluding carboxylic acids is 1. The number of nitrogens with zero attached hydrogens (tertiary/aromatic N) is 2. The van der Waals surface area contributed by atoms with E-state index in [1.54, 1.807) is 41.3 Å². The minimum absolute atomic E-state index is 0.182. The molecule has 0 aliphatic carbocycles. The van der Waals surface area contributed by atoms with Crippen LogP contribution in [0.1, 0.15) is 23.0 Å². The number of carbonyl (C=O) groups is 2. The van der Waals surface area contributed by atoms with E-state index in [9.17, 15) is 9.59 Å². The molecule has 4 rings (SSSR count). The largest absolute Gasteiger partial charge is 0.494 e. The van der Waals surface area contributed by atoms with Crippen molar-refractivity contribution in [2.45, 2.75) is 6.92 Å². The predicted octanol–water partition coefficient (Wildman–Crippen LogP) is 5.83. The van der Waals surface area contributed by atoms with Gasteiger partial charge in [-0.2, -0.15) is 0 Å². The van der Waals surface area contributed by atoms with Crippen molar-refractivity contribution in [3.63, 3.8) is 0 Å².